The first-order valence-electron chi connectivity index (χ1n) is 12.7. The van der Waals surface area contributed by atoms with E-state index in [2.05, 4.69) is 52.9 Å². The van der Waals surface area contributed by atoms with Crippen LogP contribution in [0, 0.1) is 23.5 Å². The number of rotatable bonds is 4. The second kappa shape index (κ2) is 9.97. The average molecular weight is 491 g/mol. The number of nitrogens with zero attached hydrogens (tertiary/aromatic N) is 3. The summed E-state index contributed by atoms with van der Waals surface area (Å²) >= 11 is 5.49. The smallest absolute Gasteiger partial charge is 0.262 e. The van der Waals surface area contributed by atoms with Gasteiger partial charge in [-0.25, -0.2) is 0 Å². The number of aromatic amines is 1. The van der Waals surface area contributed by atoms with E-state index < -0.39 is 0 Å². The Morgan fingerprint density at radius 2 is 1.83 bits per heavy atom. The zero-order chi connectivity index (χ0) is 24.5. The second-order valence-electron chi connectivity index (χ2n) is 10.3. The molecule has 1 amide bonds. The van der Waals surface area contributed by atoms with Gasteiger partial charge in [-0.2, -0.15) is 0 Å². The molecule has 2 aromatic carbocycles. The van der Waals surface area contributed by atoms with Crippen LogP contribution in [-0.2, 0) is 11.3 Å². The number of aromatic nitrogens is 2. The maximum Gasteiger partial charge on any atom is 0.262 e. The zero-order valence-electron chi connectivity index (χ0n) is 20.6. The number of H-pyrrole nitrogens is 1. The Bertz CT molecular complexity index is 1340. The Morgan fingerprint density at radius 1 is 1.06 bits per heavy atom. The van der Waals surface area contributed by atoms with Crippen molar-refractivity contribution in [2.75, 3.05) is 24.5 Å². The standard InChI is InChI=1S/C28H34N4O2S/c1-19-6-5-7-23(16-19)31-15-14-30(17-20(31)2)26(33)22-12-10-21(11-13-22)18-32-27(34)24-8-3-4-9-25(24)29-28(32)35/h3-9,16,20-22H,10-15,17-18H2,1-2H3,(H,29,35)/t20-,21?,22?/m1/s1. The Morgan fingerprint density at radius 3 is 2.57 bits per heavy atom. The first-order valence-corrected chi connectivity index (χ1v) is 13.2. The van der Waals surface area contributed by atoms with Crippen molar-refractivity contribution >= 4 is 34.7 Å². The van der Waals surface area contributed by atoms with E-state index in [0.29, 0.717) is 34.6 Å². The molecule has 2 fully saturated rings. The lowest BCUT2D eigenvalue weighted by molar-refractivity contribution is -0.137. The molecule has 1 aromatic heterocycles. The van der Waals surface area contributed by atoms with E-state index in [1.165, 1.54) is 11.3 Å². The molecule has 1 aliphatic carbocycles. The van der Waals surface area contributed by atoms with Gasteiger partial charge in [0.15, 0.2) is 4.77 Å². The van der Waals surface area contributed by atoms with Gasteiger partial charge in [0.05, 0.1) is 10.9 Å². The van der Waals surface area contributed by atoms with Crippen molar-refractivity contribution in [3.63, 3.8) is 0 Å². The van der Waals surface area contributed by atoms with Crippen LogP contribution in [0.5, 0.6) is 0 Å². The van der Waals surface area contributed by atoms with Crippen molar-refractivity contribution in [2.24, 2.45) is 11.8 Å². The predicted octanol–water partition coefficient (Wildman–Crippen LogP) is 4.91. The molecule has 6 nitrogen and oxygen atoms in total. The summed E-state index contributed by atoms with van der Waals surface area (Å²) in [5.74, 6) is 0.760. The molecule has 3 aromatic rings. The van der Waals surface area contributed by atoms with Crippen LogP contribution in [0.15, 0.2) is 53.3 Å². The average Bonchev–Trinajstić information content (AvgIpc) is 2.86. The third-order valence-corrected chi connectivity index (χ3v) is 8.12. The number of amides is 1. The van der Waals surface area contributed by atoms with Gasteiger partial charge in [0.2, 0.25) is 5.91 Å². The molecular formula is C28H34N4O2S. The van der Waals surface area contributed by atoms with Gasteiger partial charge in [-0.15, -0.1) is 0 Å². The van der Waals surface area contributed by atoms with E-state index >= 15 is 0 Å². The Labute approximate surface area is 211 Å². The number of hydrogen-bond acceptors (Lipinski definition) is 4. The van der Waals surface area contributed by atoms with Crippen LogP contribution in [-0.4, -0.2) is 46.0 Å². The molecule has 0 spiro atoms. The highest BCUT2D eigenvalue weighted by atomic mass is 32.1. The van der Waals surface area contributed by atoms with Crippen LogP contribution >= 0.6 is 12.2 Å². The molecule has 1 atom stereocenters. The van der Waals surface area contributed by atoms with E-state index in [1.807, 2.05) is 24.3 Å². The third kappa shape index (κ3) is 4.92. The number of carbonyl (C=O) groups is 1. The summed E-state index contributed by atoms with van der Waals surface area (Å²) in [4.78, 5) is 34.0. The highest BCUT2D eigenvalue weighted by Gasteiger charge is 2.33. The summed E-state index contributed by atoms with van der Waals surface area (Å²) in [5, 5.41) is 0.670. The van der Waals surface area contributed by atoms with Crippen molar-refractivity contribution in [3.8, 4) is 0 Å². The number of piperazine rings is 1. The van der Waals surface area contributed by atoms with Crippen LogP contribution in [0.1, 0.15) is 38.2 Å². The number of fused-ring (bicyclic) bond motifs is 1. The normalized spacial score (nSPS) is 23.0. The highest BCUT2D eigenvalue weighted by Crippen LogP contribution is 2.32. The first kappa shape index (κ1) is 23.8. The molecule has 5 rings (SSSR count). The van der Waals surface area contributed by atoms with Gasteiger partial charge in [0, 0.05) is 43.8 Å². The second-order valence-corrected chi connectivity index (χ2v) is 10.7. The maximum absolute atomic E-state index is 13.3. The molecule has 0 radical (unpaired) electrons. The molecule has 1 N–H and O–H groups in total. The lowest BCUT2D eigenvalue weighted by Crippen LogP contribution is -2.55. The largest absolute Gasteiger partial charge is 0.365 e. The van der Waals surface area contributed by atoms with E-state index in [0.717, 1.165) is 50.8 Å². The van der Waals surface area contributed by atoms with Crippen molar-refractivity contribution < 1.29 is 4.79 Å². The third-order valence-electron chi connectivity index (χ3n) is 7.80. The van der Waals surface area contributed by atoms with Crippen molar-refractivity contribution in [3.05, 3.63) is 69.2 Å². The molecule has 2 heterocycles. The molecule has 1 saturated heterocycles. The van der Waals surface area contributed by atoms with E-state index in [-0.39, 0.29) is 11.5 Å². The van der Waals surface area contributed by atoms with Crippen molar-refractivity contribution in [2.45, 2.75) is 52.1 Å². The van der Waals surface area contributed by atoms with Gasteiger partial charge < -0.3 is 14.8 Å². The lowest BCUT2D eigenvalue weighted by Gasteiger charge is -2.43. The van der Waals surface area contributed by atoms with E-state index in [1.54, 1.807) is 4.57 Å². The van der Waals surface area contributed by atoms with Crippen LogP contribution in [0.4, 0.5) is 5.69 Å². The van der Waals surface area contributed by atoms with E-state index in [4.69, 9.17) is 12.2 Å². The zero-order valence-corrected chi connectivity index (χ0v) is 21.4. The number of para-hydroxylation sites is 1. The molecule has 0 unspecified atom stereocenters. The topological polar surface area (TPSA) is 61.3 Å². The SMILES string of the molecule is Cc1cccc(N2CCN(C(=O)C3CCC(Cn4c(=S)[nH]c5ccccc5c4=O)CC3)C[C@H]2C)c1. The van der Waals surface area contributed by atoms with Gasteiger partial charge >= 0.3 is 0 Å². The van der Waals surface area contributed by atoms with Crippen molar-refractivity contribution in [1.29, 1.82) is 0 Å². The quantitative estimate of drug-likeness (QED) is 0.528. The number of carbonyl (C=O) groups excluding carboxylic acids is 1. The Kier molecular flexibility index (Phi) is 6.78. The molecule has 184 valence electrons. The first-order chi connectivity index (χ1) is 16.9. The summed E-state index contributed by atoms with van der Waals surface area (Å²) in [6.07, 6.45) is 3.66. The van der Waals surface area contributed by atoms with Gasteiger partial charge in [0.1, 0.15) is 0 Å². The number of nitrogens with one attached hydrogen (secondary N) is 1. The number of anilines is 1. The Balaban J connectivity index is 1.18. The fourth-order valence-corrected chi connectivity index (χ4v) is 6.09. The maximum atomic E-state index is 13.3. The lowest BCUT2D eigenvalue weighted by atomic mass is 9.81. The highest BCUT2D eigenvalue weighted by molar-refractivity contribution is 7.71. The minimum absolute atomic E-state index is 0.0250. The summed E-state index contributed by atoms with van der Waals surface area (Å²) in [5.41, 5.74) is 3.26. The molecule has 2 aliphatic rings. The molecule has 7 heteroatoms. The minimum atomic E-state index is -0.0250. The van der Waals surface area contributed by atoms with Crippen LogP contribution in [0.3, 0.4) is 0 Å². The molecular weight excluding hydrogens is 456 g/mol. The van der Waals surface area contributed by atoms with Crippen LogP contribution < -0.4 is 10.5 Å². The molecule has 1 saturated carbocycles. The van der Waals surface area contributed by atoms with Crippen LogP contribution in [0.25, 0.3) is 10.9 Å². The Hall–Kier alpha value is -2.93. The van der Waals surface area contributed by atoms with Crippen molar-refractivity contribution in [1.82, 2.24) is 14.5 Å². The molecule has 35 heavy (non-hydrogen) atoms. The van der Waals surface area contributed by atoms with Gasteiger partial charge in [-0.3, -0.25) is 14.2 Å². The fraction of sp³-hybridized carbons (Fsp3) is 0.464. The number of benzene rings is 2. The van der Waals surface area contributed by atoms with Gasteiger partial charge in [0.25, 0.3) is 5.56 Å². The molecule has 1 aliphatic heterocycles. The predicted molar refractivity (Wildman–Crippen MR) is 143 cm³/mol. The molecule has 0 bridgehead atoms. The fourth-order valence-electron chi connectivity index (χ4n) is 5.82. The number of hydrogen-bond donors (Lipinski definition) is 1. The van der Waals surface area contributed by atoms with Gasteiger partial charge in [-0.1, -0.05) is 24.3 Å². The summed E-state index contributed by atoms with van der Waals surface area (Å²) < 4.78 is 2.18. The van der Waals surface area contributed by atoms with Crippen LogP contribution in [0.2, 0.25) is 0 Å². The monoisotopic (exact) mass is 490 g/mol. The number of aryl methyl sites for hydroxylation is 1. The van der Waals surface area contributed by atoms with Gasteiger partial charge in [-0.05, 0) is 87.5 Å². The van der Waals surface area contributed by atoms with E-state index in [9.17, 15) is 9.59 Å². The summed E-state index contributed by atoms with van der Waals surface area (Å²) in [6.45, 7) is 7.37. The minimum Gasteiger partial charge on any atom is -0.365 e. The summed E-state index contributed by atoms with van der Waals surface area (Å²) in [6, 6.07) is 16.4. The summed E-state index contributed by atoms with van der Waals surface area (Å²) in [7, 11) is 0.